The topological polar surface area (TPSA) is 99.1 Å². The largest absolute Gasteiger partial charge is 0.497 e. The number of aliphatic carboxylic acids is 1. The van der Waals surface area contributed by atoms with Gasteiger partial charge in [0.2, 0.25) is 0 Å². The number of benzene rings is 1. The van der Waals surface area contributed by atoms with Gasteiger partial charge in [0.25, 0.3) is 0 Å². The molecule has 0 spiro atoms. The molecule has 2 amide bonds. The molecule has 0 bridgehead atoms. The molecule has 2 rings (SSSR count). The lowest BCUT2D eigenvalue weighted by Gasteiger charge is -2.21. The number of nitrogens with zero attached hydrogens (tertiary/aromatic N) is 1. The van der Waals surface area contributed by atoms with Crippen LogP contribution in [0.3, 0.4) is 0 Å². The molecule has 1 fully saturated rings. The number of methoxy groups -OCH3 is 1. The zero-order chi connectivity index (χ0) is 15.4. The molecule has 21 heavy (non-hydrogen) atoms. The summed E-state index contributed by atoms with van der Waals surface area (Å²) in [6.45, 7) is 0.313. The van der Waals surface area contributed by atoms with E-state index in [1.54, 1.807) is 19.2 Å². The fourth-order valence-electron chi connectivity index (χ4n) is 2.29. The van der Waals surface area contributed by atoms with Crippen LogP contribution in [-0.4, -0.2) is 52.9 Å². The standard InChI is InChI=1S/C14H18N2O5/c1-21-11-4-2-9(3-5-11)7-15-14(20)16-8-10(17)6-12(16)13(18)19/h2-5,10,12,17H,6-8H2,1H3,(H,15,20)(H,18,19)/t10-,12-/m0/s1. The second kappa shape index (κ2) is 6.45. The third-order valence-corrected chi connectivity index (χ3v) is 3.43. The van der Waals surface area contributed by atoms with E-state index in [1.165, 1.54) is 0 Å². The average Bonchev–Trinajstić information content (AvgIpc) is 2.87. The van der Waals surface area contributed by atoms with Crippen LogP contribution in [0.25, 0.3) is 0 Å². The summed E-state index contributed by atoms with van der Waals surface area (Å²) < 4.78 is 5.04. The molecule has 1 aliphatic rings. The van der Waals surface area contributed by atoms with Gasteiger partial charge in [-0.1, -0.05) is 12.1 Å². The van der Waals surface area contributed by atoms with Gasteiger partial charge in [0, 0.05) is 19.5 Å². The highest BCUT2D eigenvalue weighted by Crippen LogP contribution is 2.18. The van der Waals surface area contributed by atoms with E-state index in [2.05, 4.69) is 5.32 Å². The second-order valence-electron chi connectivity index (χ2n) is 4.90. The van der Waals surface area contributed by atoms with Crippen LogP contribution in [0.2, 0.25) is 0 Å². The lowest BCUT2D eigenvalue weighted by atomic mass is 10.2. The minimum atomic E-state index is -1.11. The van der Waals surface area contributed by atoms with Crippen molar-refractivity contribution in [3.63, 3.8) is 0 Å². The van der Waals surface area contributed by atoms with Crippen molar-refractivity contribution in [3.8, 4) is 5.75 Å². The van der Waals surface area contributed by atoms with Crippen molar-refractivity contribution >= 4 is 12.0 Å². The molecule has 0 saturated carbocycles. The molecular weight excluding hydrogens is 276 g/mol. The van der Waals surface area contributed by atoms with Gasteiger partial charge in [-0.3, -0.25) is 0 Å². The van der Waals surface area contributed by atoms with Crippen molar-refractivity contribution < 1.29 is 24.5 Å². The molecule has 1 saturated heterocycles. The number of aliphatic hydroxyl groups is 1. The lowest BCUT2D eigenvalue weighted by Crippen LogP contribution is -2.45. The smallest absolute Gasteiger partial charge is 0.326 e. The summed E-state index contributed by atoms with van der Waals surface area (Å²) in [6, 6.07) is 5.72. The summed E-state index contributed by atoms with van der Waals surface area (Å²) in [5, 5.41) is 21.2. The minimum Gasteiger partial charge on any atom is -0.497 e. The number of carboxylic acid groups (broad SMARTS) is 1. The maximum Gasteiger partial charge on any atom is 0.326 e. The van der Waals surface area contributed by atoms with E-state index < -0.39 is 24.1 Å². The van der Waals surface area contributed by atoms with E-state index in [-0.39, 0.29) is 19.5 Å². The summed E-state index contributed by atoms with van der Waals surface area (Å²) in [4.78, 5) is 24.2. The number of hydrogen-bond donors (Lipinski definition) is 3. The maximum atomic E-state index is 12.0. The molecule has 0 aliphatic carbocycles. The summed E-state index contributed by atoms with van der Waals surface area (Å²) in [5.74, 6) is -0.384. The second-order valence-corrected chi connectivity index (χ2v) is 4.90. The van der Waals surface area contributed by atoms with E-state index in [1.807, 2.05) is 12.1 Å². The number of carbonyl (C=O) groups is 2. The van der Waals surface area contributed by atoms with Crippen LogP contribution < -0.4 is 10.1 Å². The van der Waals surface area contributed by atoms with Crippen molar-refractivity contribution in [3.05, 3.63) is 29.8 Å². The molecule has 1 aromatic carbocycles. The Balaban J connectivity index is 1.92. The first kappa shape index (κ1) is 15.1. The van der Waals surface area contributed by atoms with Gasteiger partial charge in [-0.05, 0) is 17.7 Å². The minimum absolute atomic E-state index is 0.0331. The van der Waals surface area contributed by atoms with Crippen LogP contribution in [0.5, 0.6) is 5.75 Å². The predicted molar refractivity (Wildman–Crippen MR) is 74.0 cm³/mol. The Morgan fingerprint density at radius 3 is 2.62 bits per heavy atom. The fourth-order valence-corrected chi connectivity index (χ4v) is 2.29. The van der Waals surface area contributed by atoms with E-state index in [9.17, 15) is 14.7 Å². The molecule has 1 aliphatic heterocycles. The van der Waals surface area contributed by atoms with E-state index >= 15 is 0 Å². The van der Waals surface area contributed by atoms with Gasteiger partial charge in [-0.2, -0.15) is 0 Å². The molecule has 1 aromatic rings. The quantitative estimate of drug-likeness (QED) is 0.747. The van der Waals surface area contributed by atoms with Crippen LogP contribution in [0, 0.1) is 0 Å². The third-order valence-electron chi connectivity index (χ3n) is 3.43. The molecule has 7 nitrogen and oxygen atoms in total. The summed E-state index contributed by atoms with van der Waals surface area (Å²) in [7, 11) is 1.57. The first-order valence-electron chi connectivity index (χ1n) is 6.59. The van der Waals surface area contributed by atoms with Gasteiger partial charge >= 0.3 is 12.0 Å². The summed E-state index contributed by atoms with van der Waals surface area (Å²) in [6.07, 6.45) is -0.733. The van der Waals surface area contributed by atoms with Crippen molar-refractivity contribution in [1.29, 1.82) is 0 Å². The van der Waals surface area contributed by atoms with Crippen LogP contribution in [0.1, 0.15) is 12.0 Å². The van der Waals surface area contributed by atoms with Gasteiger partial charge in [-0.15, -0.1) is 0 Å². The maximum absolute atomic E-state index is 12.0. The van der Waals surface area contributed by atoms with Gasteiger partial charge in [0.15, 0.2) is 0 Å². The number of hydrogen-bond acceptors (Lipinski definition) is 4. The molecule has 0 aromatic heterocycles. The van der Waals surface area contributed by atoms with Crippen LogP contribution in [0.15, 0.2) is 24.3 Å². The Bertz CT molecular complexity index is 517. The van der Waals surface area contributed by atoms with E-state index in [0.717, 1.165) is 16.2 Å². The lowest BCUT2D eigenvalue weighted by molar-refractivity contribution is -0.141. The van der Waals surface area contributed by atoms with Crippen LogP contribution >= 0.6 is 0 Å². The Morgan fingerprint density at radius 1 is 1.38 bits per heavy atom. The number of β-amino-alcohol motifs (C(OH)–C–C–N with tert-alkyl or cyclic N) is 1. The molecule has 0 unspecified atom stereocenters. The number of urea groups is 1. The molecule has 3 N–H and O–H groups in total. The highest BCUT2D eigenvalue weighted by molar-refractivity contribution is 5.83. The Labute approximate surface area is 122 Å². The molecule has 2 atom stereocenters. The number of aliphatic hydroxyl groups excluding tert-OH is 1. The fraction of sp³-hybridized carbons (Fsp3) is 0.429. The monoisotopic (exact) mass is 294 g/mol. The molecule has 114 valence electrons. The first-order valence-corrected chi connectivity index (χ1v) is 6.59. The highest BCUT2D eigenvalue weighted by atomic mass is 16.5. The number of amides is 2. The van der Waals surface area contributed by atoms with Crippen molar-refractivity contribution in [2.24, 2.45) is 0 Å². The summed E-state index contributed by atoms with van der Waals surface area (Å²) in [5.41, 5.74) is 0.871. The number of rotatable bonds is 4. The van der Waals surface area contributed by atoms with Crippen molar-refractivity contribution in [2.75, 3.05) is 13.7 Å². The predicted octanol–water partition coefficient (Wildman–Crippen LogP) is 0.425. The van der Waals surface area contributed by atoms with Crippen LogP contribution in [-0.2, 0) is 11.3 Å². The number of nitrogens with one attached hydrogen (secondary N) is 1. The molecule has 7 heteroatoms. The summed E-state index contributed by atoms with van der Waals surface area (Å²) >= 11 is 0. The zero-order valence-corrected chi connectivity index (χ0v) is 11.7. The van der Waals surface area contributed by atoms with Gasteiger partial charge in [0.1, 0.15) is 11.8 Å². The Morgan fingerprint density at radius 2 is 2.05 bits per heavy atom. The van der Waals surface area contributed by atoms with Crippen molar-refractivity contribution in [1.82, 2.24) is 10.2 Å². The SMILES string of the molecule is COc1ccc(CNC(=O)N2C[C@@H](O)C[C@H]2C(=O)O)cc1. The third kappa shape index (κ3) is 3.63. The Kier molecular flexibility index (Phi) is 4.64. The number of ether oxygens (including phenoxy) is 1. The van der Waals surface area contributed by atoms with Gasteiger partial charge in [0.05, 0.1) is 13.2 Å². The first-order chi connectivity index (χ1) is 10.0. The van der Waals surface area contributed by atoms with E-state index in [0.29, 0.717) is 0 Å². The molecule has 1 heterocycles. The number of likely N-dealkylation sites (tertiary alicyclic amines) is 1. The van der Waals surface area contributed by atoms with Gasteiger partial charge < -0.3 is 25.2 Å². The van der Waals surface area contributed by atoms with Crippen molar-refractivity contribution in [2.45, 2.75) is 25.1 Å². The molecule has 0 radical (unpaired) electrons. The van der Waals surface area contributed by atoms with E-state index in [4.69, 9.17) is 9.84 Å². The Hall–Kier alpha value is -2.28. The number of carbonyl (C=O) groups excluding carboxylic acids is 1. The molecular formula is C14H18N2O5. The average molecular weight is 294 g/mol. The zero-order valence-electron chi connectivity index (χ0n) is 11.7. The highest BCUT2D eigenvalue weighted by Gasteiger charge is 2.38. The normalized spacial score (nSPS) is 21.1. The van der Waals surface area contributed by atoms with Gasteiger partial charge in [-0.25, -0.2) is 9.59 Å². The number of carboxylic acids is 1. The van der Waals surface area contributed by atoms with Crippen LogP contribution in [0.4, 0.5) is 4.79 Å².